The summed E-state index contributed by atoms with van der Waals surface area (Å²) in [4.78, 5) is 4.24. The van der Waals surface area contributed by atoms with Crippen LogP contribution in [0.2, 0.25) is 5.02 Å². The van der Waals surface area contributed by atoms with Crippen LogP contribution in [-0.2, 0) is 0 Å². The summed E-state index contributed by atoms with van der Waals surface area (Å²) in [7, 11) is 0. The van der Waals surface area contributed by atoms with E-state index in [0.29, 0.717) is 26.3 Å². The van der Waals surface area contributed by atoms with Crippen LogP contribution in [0.4, 0.5) is 10.1 Å². The van der Waals surface area contributed by atoms with Gasteiger partial charge in [0.2, 0.25) is 5.82 Å². The second kappa shape index (κ2) is 5.46. The van der Waals surface area contributed by atoms with Crippen molar-refractivity contribution >= 4 is 33.2 Å². The number of nitrogens with zero attached hydrogens (tertiary/aromatic N) is 2. The van der Waals surface area contributed by atoms with Gasteiger partial charge >= 0.3 is 0 Å². The molecule has 0 saturated carbocycles. The van der Waals surface area contributed by atoms with E-state index in [-0.39, 0.29) is 11.7 Å². The molecule has 0 fully saturated rings. The van der Waals surface area contributed by atoms with Gasteiger partial charge in [-0.15, -0.1) is 0 Å². The quantitative estimate of drug-likeness (QED) is 0.674. The van der Waals surface area contributed by atoms with Gasteiger partial charge in [-0.2, -0.15) is 4.98 Å². The van der Waals surface area contributed by atoms with Gasteiger partial charge in [-0.05, 0) is 36.4 Å². The van der Waals surface area contributed by atoms with Crippen LogP contribution in [-0.4, -0.2) is 10.1 Å². The Bertz CT molecular complexity index is 801. The van der Waals surface area contributed by atoms with E-state index in [9.17, 15) is 4.39 Å². The Morgan fingerprint density at radius 3 is 2.71 bits per heavy atom. The van der Waals surface area contributed by atoms with Crippen molar-refractivity contribution in [3.63, 3.8) is 0 Å². The highest BCUT2D eigenvalue weighted by atomic mass is 79.9. The zero-order valence-corrected chi connectivity index (χ0v) is 12.8. The normalized spacial score (nSPS) is 10.8. The van der Waals surface area contributed by atoms with E-state index in [2.05, 4.69) is 26.1 Å². The van der Waals surface area contributed by atoms with Crippen LogP contribution in [0, 0.1) is 5.82 Å². The molecule has 0 bridgehead atoms. The summed E-state index contributed by atoms with van der Waals surface area (Å²) >= 11 is 9.07. The molecule has 21 heavy (non-hydrogen) atoms. The third-order valence-corrected chi connectivity index (χ3v) is 3.48. The minimum Gasteiger partial charge on any atom is -0.398 e. The van der Waals surface area contributed by atoms with Gasteiger partial charge in [-0.3, -0.25) is 0 Å². The van der Waals surface area contributed by atoms with Gasteiger partial charge in [0.05, 0.1) is 5.56 Å². The number of anilines is 1. The molecular formula is C14H8BrClFN3O. The van der Waals surface area contributed by atoms with Crippen molar-refractivity contribution in [2.75, 3.05) is 5.73 Å². The lowest BCUT2D eigenvalue weighted by Crippen LogP contribution is -1.90. The van der Waals surface area contributed by atoms with Crippen molar-refractivity contribution < 1.29 is 8.91 Å². The first-order valence-corrected chi connectivity index (χ1v) is 7.05. The second-order valence-electron chi connectivity index (χ2n) is 4.31. The molecule has 0 saturated heterocycles. The van der Waals surface area contributed by atoms with E-state index >= 15 is 0 Å². The van der Waals surface area contributed by atoms with Crippen molar-refractivity contribution in [1.29, 1.82) is 0 Å². The van der Waals surface area contributed by atoms with Gasteiger partial charge in [0.15, 0.2) is 0 Å². The molecule has 0 radical (unpaired) electrons. The number of nitrogen functional groups attached to an aromatic ring is 1. The Morgan fingerprint density at radius 2 is 2.00 bits per heavy atom. The number of hydrogen-bond acceptors (Lipinski definition) is 4. The van der Waals surface area contributed by atoms with Gasteiger partial charge in [-0.25, -0.2) is 4.39 Å². The van der Waals surface area contributed by atoms with Crippen LogP contribution < -0.4 is 5.73 Å². The monoisotopic (exact) mass is 367 g/mol. The second-order valence-corrected chi connectivity index (χ2v) is 5.66. The highest BCUT2D eigenvalue weighted by Gasteiger charge is 2.14. The molecular weight excluding hydrogens is 361 g/mol. The Kier molecular flexibility index (Phi) is 3.65. The predicted octanol–water partition coefficient (Wildman–Crippen LogP) is 4.54. The van der Waals surface area contributed by atoms with E-state index in [1.165, 1.54) is 12.1 Å². The lowest BCUT2D eigenvalue weighted by Gasteiger charge is -2.00. The first kappa shape index (κ1) is 14.0. The molecule has 0 aliphatic heterocycles. The fourth-order valence-corrected chi connectivity index (χ4v) is 2.51. The third-order valence-electron chi connectivity index (χ3n) is 2.79. The first-order valence-electron chi connectivity index (χ1n) is 5.88. The Labute approximate surface area is 132 Å². The maximum Gasteiger partial charge on any atom is 0.260 e. The molecule has 2 aromatic carbocycles. The molecule has 106 valence electrons. The Hall–Kier alpha value is -1.92. The summed E-state index contributed by atoms with van der Waals surface area (Å²) in [5.74, 6) is 0.135. The van der Waals surface area contributed by atoms with Crippen LogP contribution in [0.3, 0.4) is 0 Å². The number of rotatable bonds is 2. The smallest absolute Gasteiger partial charge is 0.260 e. The average molecular weight is 369 g/mol. The number of nitrogens with two attached hydrogens (primary N) is 1. The molecule has 0 unspecified atom stereocenters. The third kappa shape index (κ3) is 2.91. The highest BCUT2D eigenvalue weighted by Crippen LogP contribution is 2.29. The SMILES string of the molecule is Nc1cc(Cl)ccc1-c1nc(-c2cc(F)cc(Br)c2)no1. The van der Waals surface area contributed by atoms with Crippen molar-refractivity contribution in [2.45, 2.75) is 0 Å². The fraction of sp³-hybridized carbons (Fsp3) is 0. The zero-order valence-electron chi connectivity index (χ0n) is 10.5. The largest absolute Gasteiger partial charge is 0.398 e. The number of halogens is 3. The Morgan fingerprint density at radius 1 is 1.19 bits per heavy atom. The highest BCUT2D eigenvalue weighted by molar-refractivity contribution is 9.10. The molecule has 3 aromatic rings. The molecule has 3 rings (SSSR count). The minimum absolute atomic E-state index is 0.250. The van der Waals surface area contributed by atoms with E-state index in [4.69, 9.17) is 21.9 Å². The molecule has 2 N–H and O–H groups in total. The van der Waals surface area contributed by atoms with Gasteiger partial charge in [0.1, 0.15) is 5.82 Å². The van der Waals surface area contributed by atoms with Crippen LogP contribution in [0.15, 0.2) is 45.4 Å². The summed E-state index contributed by atoms with van der Waals surface area (Å²) < 4.78 is 19.2. The summed E-state index contributed by atoms with van der Waals surface area (Å²) in [5.41, 5.74) is 7.38. The van der Waals surface area contributed by atoms with E-state index in [0.717, 1.165) is 0 Å². The molecule has 4 nitrogen and oxygen atoms in total. The number of aromatic nitrogens is 2. The minimum atomic E-state index is -0.392. The molecule has 0 aliphatic carbocycles. The molecule has 7 heteroatoms. The molecule has 0 aliphatic rings. The van der Waals surface area contributed by atoms with Crippen molar-refractivity contribution in [3.05, 3.63) is 51.7 Å². The van der Waals surface area contributed by atoms with Crippen molar-refractivity contribution in [1.82, 2.24) is 10.1 Å². The predicted molar refractivity (Wildman–Crippen MR) is 82.3 cm³/mol. The average Bonchev–Trinajstić information content (AvgIpc) is 2.87. The Balaban J connectivity index is 2.03. The molecule has 1 heterocycles. The molecule has 0 atom stereocenters. The van der Waals surface area contributed by atoms with E-state index < -0.39 is 5.82 Å². The van der Waals surface area contributed by atoms with Gasteiger partial charge in [0.25, 0.3) is 5.89 Å². The summed E-state index contributed by atoms with van der Waals surface area (Å²) in [5, 5.41) is 4.36. The van der Waals surface area contributed by atoms with E-state index in [1.54, 1.807) is 24.3 Å². The van der Waals surface area contributed by atoms with Crippen LogP contribution in [0.5, 0.6) is 0 Å². The lowest BCUT2D eigenvalue weighted by atomic mass is 10.2. The standard InChI is InChI=1S/C14H8BrClFN3O/c15-8-3-7(4-10(17)5-8)13-19-14(21-20-13)11-2-1-9(16)6-12(11)18/h1-6H,18H2. The maximum absolute atomic E-state index is 13.4. The lowest BCUT2D eigenvalue weighted by molar-refractivity contribution is 0.432. The van der Waals surface area contributed by atoms with E-state index in [1.807, 2.05) is 0 Å². The molecule has 0 spiro atoms. The van der Waals surface area contributed by atoms with Gasteiger partial charge in [0, 0.05) is 20.7 Å². The maximum atomic E-state index is 13.4. The summed E-state index contributed by atoms with van der Waals surface area (Å²) in [6.45, 7) is 0. The van der Waals surface area contributed by atoms with Crippen LogP contribution in [0.1, 0.15) is 0 Å². The van der Waals surface area contributed by atoms with Crippen molar-refractivity contribution in [2.24, 2.45) is 0 Å². The van der Waals surface area contributed by atoms with Crippen molar-refractivity contribution in [3.8, 4) is 22.8 Å². The molecule has 0 amide bonds. The fourth-order valence-electron chi connectivity index (χ4n) is 1.86. The van der Waals surface area contributed by atoms with Gasteiger partial charge < -0.3 is 10.3 Å². The van der Waals surface area contributed by atoms with Gasteiger partial charge in [-0.1, -0.05) is 32.7 Å². The number of hydrogen-bond donors (Lipinski definition) is 1. The number of benzene rings is 2. The summed E-state index contributed by atoms with van der Waals surface area (Å²) in [6.07, 6.45) is 0. The van der Waals surface area contributed by atoms with Crippen LogP contribution >= 0.6 is 27.5 Å². The first-order chi connectivity index (χ1) is 10.0. The van der Waals surface area contributed by atoms with Crippen LogP contribution in [0.25, 0.3) is 22.8 Å². The molecule has 1 aromatic heterocycles. The topological polar surface area (TPSA) is 64.9 Å². The zero-order chi connectivity index (χ0) is 15.0. The summed E-state index contributed by atoms with van der Waals surface area (Å²) in [6, 6.07) is 9.33.